The van der Waals surface area contributed by atoms with Crippen LogP contribution in [-0.2, 0) is 9.53 Å². The van der Waals surface area contributed by atoms with Crippen LogP contribution < -0.4 is 5.32 Å². The predicted octanol–water partition coefficient (Wildman–Crippen LogP) is 4.01. The van der Waals surface area contributed by atoms with Gasteiger partial charge in [-0.15, -0.1) is 0 Å². The van der Waals surface area contributed by atoms with Gasteiger partial charge in [0.05, 0.1) is 16.1 Å². The van der Waals surface area contributed by atoms with Crippen molar-refractivity contribution in [1.29, 1.82) is 5.26 Å². The first kappa shape index (κ1) is 19.5. The first-order chi connectivity index (χ1) is 12.2. The van der Waals surface area contributed by atoms with Crippen LogP contribution in [0.25, 0.3) is 0 Å². The van der Waals surface area contributed by atoms with E-state index >= 15 is 0 Å². The highest BCUT2D eigenvalue weighted by Crippen LogP contribution is 2.21. The third kappa shape index (κ3) is 4.24. The van der Waals surface area contributed by atoms with Gasteiger partial charge in [0, 0.05) is 23.1 Å². The number of nitriles is 1. The van der Waals surface area contributed by atoms with Crippen LogP contribution in [0.15, 0.2) is 24.3 Å². The number of benzene rings is 1. The Morgan fingerprint density at radius 1 is 1.31 bits per heavy atom. The number of aromatic nitrogens is 1. The molecule has 2 aromatic rings. The fraction of sp³-hybridized carbons (Fsp3) is 0.316. The average molecular weight is 374 g/mol. The zero-order valence-corrected chi connectivity index (χ0v) is 15.8. The maximum atomic E-state index is 12.3. The number of carbonyl (C=O) groups excluding carboxylic acids is 2. The summed E-state index contributed by atoms with van der Waals surface area (Å²) in [6, 6.07) is 8.45. The van der Waals surface area contributed by atoms with E-state index in [9.17, 15) is 9.59 Å². The molecule has 0 atom stereocenters. The molecule has 1 amide bonds. The molecule has 0 aliphatic carbocycles. The van der Waals surface area contributed by atoms with E-state index in [4.69, 9.17) is 21.6 Å². The molecule has 7 heteroatoms. The first-order valence-corrected chi connectivity index (χ1v) is 8.47. The highest BCUT2D eigenvalue weighted by Gasteiger charge is 2.19. The molecule has 1 N–H and O–H groups in total. The fourth-order valence-corrected chi connectivity index (χ4v) is 3.09. The Hall–Kier alpha value is -2.78. The zero-order valence-electron chi connectivity index (χ0n) is 15.1. The van der Waals surface area contributed by atoms with Gasteiger partial charge in [-0.3, -0.25) is 4.79 Å². The molecule has 0 unspecified atom stereocenters. The van der Waals surface area contributed by atoms with Gasteiger partial charge in [-0.05, 0) is 52.0 Å². The van der Waals surface area contributed by atoms with Crippen molar-refractivity contribution in [3.8, 4) is 6.07 Å². The molecule has 26 heavy (non-hydrogen) atoms. The molecule has 0 spiro atoms. The summed E-state index contributed by atoms with van der Waals surface area (Å²) >= 11 is 5.92. The van der Waals surface area contributed by atoms with Crippen LogP contribution >= 0.6 is 11.6 Å². The largest absolute Gasteiger partial charge is 0.452 e. The Morgan fingerprint density at radius 2 is 2.00 bits per heavy atom. The van der Waals surface area contributed by atoms with E-state index < -0.39 is 18.5 Å². The lowest BCUT2D eigenvalue weighted by atomic mass is 10.2. The topological polar surface area (TPSA) is 84.1 Å². The number of ether oxygens (including phenoxy) is 1. The standard InChI is InChI=1S/C19H20ClN3O3/c1-11(2)23-12(3)7-16(13(23)4)19(25)26-10-18(24)22-15-6-5-14(9-21)17(20)8-15/h5-8,11H,10H2,1-4H3,(H,22,24). The lowest BCUT2D eigenvalue weighted by molar-refractivity contribution is -0.119. The minimum Gasteiger partial charge on any atom is -0.452 e. The molecule has 1 aromatic heterocycles. The number of esters is 1. The summed E-state index contributed by atoms with van der Waals surface area (Å²) in [5.41, 5.74) is 2.96. The summed E-state index contributed by atoms with van der Waals surface area (Å²) in [6.45, 7) is 7.42. The monoisotopic (exact) mass is 373 g/mol. The number of hydrogen-bond acceptors (Lipinski definition) is 4. The van der Waals surface area contributed by atoms with Crippen molar-refractivity contribution in [2.45, 2.75) is 33.7 Å². The van der Waals surface area contributed by atoms with E-state index in [0.29, 0.717) is 16.8 Å². The second kappa shape index (κ2) is 8.07. The van der Waals surface area contributed by atoms with Crippen LogP contribution in [0.1, 0.15) is 47.2 Å². The van der Waals surface area contributed by atoms with Gasteiger partial charge in [-0.1, -0.05) is 11.6 Å². The van der Waals surface area contributed by atoms with Crippen LogP contribution in [0.5, 0.6) is 0 Å². The predicted molar refractivity (Wildman–Crippen MR) is 99.4 cm³/mol. The molecule has 136 valence electrons. The Labute approximate surface area is 157 Å². The van der Waals surface area contributed by atoms with Crippen LogP contribution in [0.4, 0.5) is 5.69 Å². The molecule has 1 heterocycles. The minimum absolute atomic E-state index is 0.223. The lowest BCUT2D eigenvalue weighted by Crippen LogP contribution is -2.21. The van der Waals surface area contributed by atoms with Crippen LogP contribution in [0.3, 0.4) is 0 Å². The Morgan fingerprint density at radius 3 is 2.54 bits per heavy atom. The number of aryl methyl sites for hydroxylation is 1. The van der Waals surface area contributed by atoms with Crippen molar-refractivity contribution in [2.75, 3.05) is 11.9 Å². The Balaban J connectivity index is 1.99. The number of anilines is 1. The van der Waals surface area contributed by atoms with E-state index in [0.717, 1.165) is 11.4 Å². The van der Waals surface area contributed by atoms with Gasteiger partial charge < -0.3 is 14.6 Å². The first-order valence-electron chi connectivity index (χ1n) is 8.09. The van der Waals surface area contributed by atoms with Crippen LogP contribution in [-0.4, -0.2) is 23.1 Å². The molecule has 0 saturated heterocycles. The number of nitrogens with one attached hydrogen (secondary N) is 1. The molecular weight excluding hydrogens is 354 g/mol. The molecular formula is C19H20ClN3O3. The number of carbonyl (C=O) groups is 2. The molecule has 0 saturated carbocycles. The summed E-state index contributed by atoms with van der Waals surface area (Å²) in [5.74, 6) is -1.03. The Kier molecular flexibility index (Phi) is 6.06. The molecule has 0 bridgehead atoms. The van der Waals surface area contributed by atoms with Crippen molar-refractivity contribution in [3.05, 3.63) is 51.8 Å². The van der Waals surface area contributed by atoms with Gasteiger partial charge in [0.25, 0.3) is 5.91 Å². The fourth-order valence-electron chi connectivity index (χ4n) is 2.87. The lowest BCUT2D eigenvalue weighted by Gasteiger charge is -2.13. The van der Waals surface area contributed by atoms with Gasteiger partial charge in [0.2, 0.25) is 0 Å². The van der Waals surface area contributed by atoms with Gasteiger partial charge >= 0.3 is 5.97 Å². The molecule has 1 aromatic carbocycles. The molecule has 0 fully saturated rings. The summed E-state index contributed by atoms with van der Waals surface area (Å²) in [4.78, 5) is 24.3. The van der Waals surface area contributed by atoms with Crippen molar-refractivity contribution < 1.29 is 14.3 Å². The van der Waals surface area contributed by atoms with Gasteiger partial charge in [0.1, 0.15) is 6.07 Å². The van der Waals surface area contributed by atoms with Gasteiger partial charge in [-0.2, -0.15) is 5.26 Å². The zero-order chi connectivity index (χ0) is 19.4. The van der Waals surface area contributed by atoms with E-state index in [2.05, 4.69) is 5.32 Å². The number of hydrogen-bond donors (Lipinski definition) is 1. The molecule has 2 rings (SSSR count). The van der Waals surface area contributed by atoms with E-state index in [-0.39, 0.29) is 11.1 Å². The van der Waals surface area contributed by atoms with Crippen molar-refractivity contribution in [1.82, 2.24) is 4.57 Å². The summed E-state index contributed by atoms with van der Waals surface area (Å²) in [5, 5.41) is 11.7. The van der Waals surface area contributed by atoms with Gasteiger partial charge in [-0.25, -0.2) is 4.79 Å². The van der Waals surface area contributed by atoms with Crippen molar-refractivity contribution >= 4 is 29.2 Å². The minimum atomic E-state index is -0.544. The number of rotatable bonds is 5. The average Bonchev–Trinajstić information content (AvgIpc) is 2.87. The number of amides is 1. The van der Waals surface area contributed by atoms with Gasteiger partial charge in [0.15, 0.2) is 6.61 Å². The highest BCUT2D eigenvalue weighted by molar-refractivity contribution is 6.32. The van der Waals surface area contributed by atoms with Crippen LogP contribution in [0.2, 0.25) is 5.02 Å². The third-order valence-corrected chi connectivity index (χ3v) is 4.24. The number of halogens is 1. The maximum Gasteiger partial charge on any atom is 0.340 e. The quantitative estimate of drug-likeness (QED) is 0.802. The second-order valence-corrected chi connectivity index (χ2v) is 6.59. The molecule has 0 aliphatic rings. The Bertz CT molecular complexity index is 894. The SMILES string of the molecule is Cc1cc(C(=O)OCC(=O)Nc2ccc(C#N)c(Cl)c2)c(C)n1C(C)C. The van der Waals surface area contributed by atoms with E-state index in [1.54, 1.807) is 12.1 Å². The third-order valence-electron chi connectivity index (χ3n) is 3.93. The molecule has 0 aliphatic heterocycles. The van der Waals surface area contributed by atoms with Crippen molar-refractivity contribution in [3.63, 3.8) is 0 Å². The maximum absolute atomic E-state index is 12.3. The summed E-state index contributed by atoms with van der Waals surface area (Å²) in [6.07, 6.45) is 0. The summed E-state index contributed by atoms with van der Waals surface area (Å²) < 4.78 is 7.15. The number of nitrogens with zero attached hydrogens (tertiary/aromatic N) is 2. The van der Waals surface area contributed by atoms with E-state index in [1.165, 1.54) is 12.1 Å². The second-order valence-electron chi connectivity index (χ2n) is 6.18. The normalized spacial score (nSPS) is 10.5. The van der Waals surface area contributed by atoms with Crippen molar-refractivity contribution in [2.24, 2.45) is 0 Å². The smallest absolute Gasteiger partial charge is 0.340 e. The molecule has 0 radical (unpaired) electrons. The van der Waals surface area contributed by atoms with Crippen LogP contribution in [0, 0.1) is 25.2 Å². The molecule has 6 nitrogen and oxygen atoms in total. The van der Waals surface area contributed by atoms with E-state index in [1.807, 2.05) is 38.3 Å². The highest BCUT2D eigenvalue weighted by atomic mass is 35.5. The summed E-state index contributed by atoms with van der Waals surface area (Å²) in [7, 11) is 0.